The Morgan fingerprint density at radius 2 is 1.92 bits per heavy atom. The van der Waals surface area contributed by atoms with Gasteiger partial charge in [-0.25, -0.2) is 4.21 Å². The molecule has 7 heteroatoms. The maximum Gasteiger partial charge on any atom is 0.0586 e. The van der Waals surface area contributed by atoms with Crippen molar-refractivity contribution in [1.82, 2.24) is 0 Å². The number of rotatable bonds is 5. The molecular formula is C5H16Cl2N2O2S. The molecule has 0 aliphatic heterocycles. The van der Waals surface area contributed by atoms with Crippen LogP contribution >= 0.6 is 24.8 Å². The largest absolute Gasteiger partial charge is 0.384 e. The number of nitrogens with two attached hydrogens (primary N) is 1. The Morgan fingerprint density at radius 3 is 2.25 bits per heavy atom. The zero-order valence-electron chi connectivity index (χ0n) is 6.95. The predicted molar refractivity (Wildman–Crippen MR) is 56.0 cm³/mol. The SMILES string of the molecule is COCCS(=N)(=O)CCN.Cl.Cl. The molecule has 0 amide bonds. The minimum absolute atomic E-state index is 0. The van der Waals surface area contributed by atoms with Crippen LogP contribution in [0.3, 0.4) is 0 Å². The molecule has 4 nitrogen and oxygen atoms in total. The van der Waals surface area contributed by atoms with Crippen molar-refractivity contribution >= 4 is 34.5 Å². The monoisotopic (exact) mass is 238 g/mol. The summed E-state index contributed by atoms with van der Waals surface area (Å²) in [5.41, 5.74) is 5.15. The van der Waals surface area contributed by atoms with Gasteiger partial charge in [0.2, 0.25) is 0 Å². The second-order valence-corrected chi connectivity index (χ2v) is 4.44. The van der Waals surface area contributed by atoms with Crippen LogP contribution in [-0.2, 0) is 14.5 Å². The molecule has 1 unspecified atom stereocenters. The molecule has 0 aromatic heterocycles. The lowest BCUT2D eigenvalue weighted by Crippen LogP contribution is -2.19. The van der Waals surface area contributed by atoms with Gasteiger partial charge < -0.3 is 10.5 Å². The summed E-state index contributed by atoms with van der Waals surface area (Å²) in [5, 5.41) is 0. The summed E-state index contributed by atoms with van der Waals surface area (Å²) in [7, 11) is -0.918. The van der Waals surface area contributed by atoms with E-state index >= 15 is 0 Å². The lowest BCUT2D eigenvalue weighted by Gasteiger charge is -2.03. The van der Waals surface area contributed by atoms with E-state index in [2.05, 4.69) is 4.74 Å². The molecule has 0 fully saturated rings. The summed E-state index contributed by atoms with van der Waals surface area (Å²) in [6, 6.07) is 0. The second kappa shape index (κ2) is 9.54. The molecule has 0 aliphatic carbocycles. The molecule has 0 radical (unpaired) electrons. The van der Waals surface area contributed by atoms with Crippen molar-refractivity contribution in [2.75, 3.05) is 31.8 Å². The molecule has 0 aromatic rings. The van der Waals surface area contributed by atoms with Gasteiger partial charge in [-0.1, -0.05) is 0 Å². The van der Waals surface area contributed by atoms with Gasteiger partial charge in [-0.2, -0.15) is 0 Å². The van der Waals surface area contributed by atoms with Crippen LogP contribution in [-0.4, -0.2) is 36.0 Å². The van der Waals surface area contributed by atoms with Gasteiger partial charge in [0.25, 0.3) is 0 Å². The summed E-state index contributed by atoms with van der Waals surface area (Å²) in [6.07, 6.45) is 0. The third-order valence-electron chi connectivity index (χ3n) is 1.06. The molecule has 0 bridgehead atoms. The van der Waals surface area contributed by atoms with Crippen molar-refractivity contribution in [2.24, 2.45) is 5.73 Å². The van der Waals surface area contributed by atoms with Crippen LogP contribution in [0.5, 0.6) is 0 Å². The number of nitrogens with one attached hydrogen (secondary N) is 1. The number of ether oxygens (including phenoxy) is 1. The Bertz CT molecular complexity index is 172. The molecular weight excluding hydrogens is 223 g/mol. The molecule has 12 heavy (non-hydrogen) atoms. The molecule has 0 aromatic carbocycles. The standard InChI is InChI=1S/C5H14N2O2S.2ClH/c1-9-3-5-10(7,8)4-2-6;;/h7H,2-6H2,1H3;2*1H. The highest BCUT2D eigenvalue weighted by atomic mass is 35.5. The van der Waals surface area contributed by atoms with Crippen molar-refractivity contribution in [1.29, 1.82) is 4.78 Å². The van der Waals surface area contributed by atoms with Gasteiger partial charge in [0.05, 0.1) is 12.4 Å². The third-order valence-corrected chi connectivity index (χ3v) is 2.79. The van der Waals surface area contributed by atoms with Crippen LogP contribution in [0, 0.1) is 4.78 Å². The maximum absolute atomic E-state index is 11.1. The van der Waals surface area contributed by atoms with E-state index in [0.717, 1.165) is 0 Å². The van der Waals surface area contributed by atoms with Gasteiger partial charge in [0, 0.05) is 29.1 Å². The fraction of sp³-hybridized carbons (Fsp3) is 1.00. The Hall–Kier alpha value is 0.450. The molecule has 0 spiro atoms. The van der Waals surface area contributed by atoms with E-state index in [1.165, 1.54) is 7.11 Å². The molecule has 0 heterocycles. The number of halogens is 2. The van der Waals surface area contributed by atoms with Crippen LogP contribution in [0.15, 0.2) is 0 Å². The smallest absolute Gasteiger partial charge is 0.0586 e. The Labute approximate surface area is 86.0 Å². The Kier molecular flexibility index (Phi) is 14.5. The topological polar surface area (TPSA) is 76.2 Å². The van der Waals surface area contributed by atoms with Crippen LogP contribution in [0.2, 0.25) is 0 Å². The highest BCUT2D eigenvalue weighted by Crippen LogP contribution is 1.89. The normalized spacial score (nSPS) is 13.8. The zero-order valence-corrected chi connectivity index (χ0v) is 9.40. The van der Waals surface area contributed by atoms with E-state index in [9.17, 15) is 4.21 Å². The van der Waals surface area contributed by atoms with Gasteiger partial charge >= 0.3 is 0 Å². The van der Waals surface area contributed by atoms with Crippen LogP contribution in [0.4, 0.5) is 0 Å². The summed E-state index contributed by atoms with van der Waals surface area (Å²) >= 11 is 0. The molecule has 0 aliphatic rings. The van der Waals surface area contributed by atoms with Crippen LogP contribution < -0.4 is 5.73 Å². The molecule has 0 saturated heterocycles. The fourth-order valence-electron chi connectivity index (χ4n) is 0.510. The maximum atomic E-state index is 11.1. The highest BCUT2D eigenvalue weighted by Gasteiger charge is 2.02. The minimum Gasteiger partial charge on any atom is -0.384 e. The van der Waals surface area contributed by atoms with Gasteiger partial charge in [-0.15, -0.1) is 24.8 Å². The summed E-state index contributed by atoms with van der Waals surface area (Å²) in [4.78, 5) is 0. The quantitative estimate of drug-likeness (QED) is 0.732. The molecule has 1 atom stereocenters. The number of hydrogen-bond acceptors (Lipinski definition) is 4. The Morgan fingerprint density at radius 1 is 1.42 bits per heavy atom. The fourth-order valence-corrected chi connectivity index (χ4v) is 1.53. The first-order chi connectivity index (χ1) is 4.62. The van der Waals surface area contributed by atoms with E-state index < -0.39 is 9.73 Å². The van der Waals surface area contributed by atoms with Crippen LogP contribution in [0.1, 0.15) is 0 Å². The number of methoxy groups -OCH3 is 1. The number of hydrogen-bond donors (Lipinski definition) is 2. The van der Waals surface area contributed by atoms with E-state index in [4.69, 9.17) is 10.5 Å². The molecule has 78 valence electrons. The first kappa shape index (κ1) is 18.3. The van der Waals surface area contributed by atoms with Crippen molar-refractivity contribution in [3.8, 4) is 0 Å². The highest BCUT2D eigenvalue weighted by molar-refractivity contribution is 7.92. The van der Waals surface area contributed by atoms with Crippen molar-refractivity contribution in [2.45, 2.75) is 0 Å². The van der Waals surface area contributed by atoms with Crippen molar-refractivity contribution < 1.29 is 8.95 Å². The summed E-state index contributed by atoms with van der Waals surface area (Å²) < 4.78 is 22.9. The van der Waals surface area contributed by atoms with Crippen molar-refractivity contribution in [3.05, 3.63) is 0 Å². The summed E-state index contributed by atoms with van der Waals surface area (Å²) in [5.74, 6) is 0.567. The Balaban J connectivity index is -0.000000405. The van der Waals surface area contributed by atoms with Gasteiger partial charge in [-0.05, 0) is 0 Å². The first-order valence-corrected chi connectivity index (χ1v) is 4.95. The molecule has 0 rings (SSSR count). The van der Waals surface area contributed by atoms with E-state index in [0.29, 0.717) is 18.9 Å². The second-order valence-electron chi connectivity index (χ2n) is 2.00. The van der Waals surface area contributed by atoms with Crippen LogP contribution in [0.25, 0.3) is 0 Å². The van der Waals surface area contributed by atoms with E-state index in [-0.39, 0.29) is 30.6 Å². The van der Waals surface area contributed by atoms with Gasteiger partial charge in [-0.3, -0.25) is 4.78 Å². The minimum atomic E-state index is -2.44. The lowest BCUT2D eigenvalue weighted by atomic mass is 10.8. The van der Waals surface area contributed by atoms with E-state index in [1.54, 1.807) is 0 Å². The van der Waals surface area contributed by atoms with Gasteiger partial charge in [0.1, 0.15) is 0 Å². The zero-order chi connectivity index (χ0) is 8.04. The lowest BCUT2D eigenvalue weighted by molar-refractivity contribution is 0.217. The predicted octanol–water partition coefficient (Wildman–Crippen LogP) is 0.482. The first-order valence-electron chi connectivity index (χ1n) is 3.05. The summed E-state index contributed by atoms with van der Waals surface area (Å²) in [6.45, 7) is 0.689. The van der Waals surface area contributed by atoms with Gasteiger partial charge in [0.15, 0.2) is 0 Å². The molecule has 3 N–H and O–H groups in total. The third kappa shape index (κ3) is 10.4. The van der Waals surface area contributed by atoms with E-state index in [1.807, 2.05) is 0 Å². The van der Waals surface area contributed by atoms with Crippen molar-refractivity contribution in [3.63, 3.8) is 0 Å². The average Bonchev–Trinajstić information content (AvgIpc) is 1.84. The molecule has 0 saturated carbocycles. The average molecular weight is 239 g/mol.